The van der Waals surface area contributed by atoms with Gasteiger partial charge in [0.05, 0.1) is 4.90 Å². The van der Waals surface area contributed by atoms with E-state index in [0.29, 0.717) is 25.4 Å². The number of fused-ring (bicyclic) bond motifs is 1. The topological polar surface area (TPSA) is 79.4 Å². The molecular weight excluding hydrogens is 446 g/mol. The highest BCUT2D eigenvalue weighted by Gasteiger charge is 2.30. The van der Waals surface area contributed by atoms with Crippen LogP contribution in [0.2, 0.25) is 0 Å². The summed E-state index contributed by atoms with van der Waals surface area (Å²) in [4.78, 5) is 19.7. The molecule has 1 unspecified atom stereocenters. The first-order valence-electron chi connectivity index (χ1n) is 12.1. The molecule has 1 aromatic heterocycles. The van der Waals surface area contributed by atoms with Crippen molar-refractivity contribution in [2.75, 3.05) is 13.1 Å². The summed E-state index contributed by atoms with van der Waals surface area (Å²) >= 11 is 0. The Morgan fingerprint density at radius 1 is 1.03 bits per heavy atom. The molecule has 1 atom stereocenters. The molecular formula is C27H33N3O3S. The molecule has 0 aliphatic carbocycles. The van der Waals surface area contributed by atoms with Crippen molar-refractivity contribution in [2.45, 2.75) is 56.4 Å². The highest BCUT2D eigenvalue weighted by molar-refractivity contribution is 7.89. The molecule has 3 aromatic rings. The Morgan fingerprint density at radius 3 is 2.50 bits per heavy atom. The molecule has 0 spiro atoms. The normalized spacial score (nSPS) is 16.0. The number of benzene rings is 2. The number of aryl methyl sites for hydroxylation is 1. The molecule has 0 bridgehead atoms. The Balaban J connectivity index is 1.47. The van der Waals surface area contributed by atoms with Gasteiger partial charge in [0, 0.05) is 25.0 Å². The summed E-state index contributed by atoms with van der Waals surface area (Å²) in [5.74, 6) is 0.476. The van der Waals surface area contributed by atoms with Crippen LogP contribution in [0.3, 0.4) is 0 Å². The van der Waals surface area contributed by atoms with Gasteiger partial charge in [0.2, 0.25) is 15.9 Å². The predicted octanol–water partition coefficient (Wildman–Crippen LogP) is 4.55. The van der Waals surface area contributed by atoms with Crippen molar-refractivity contribution in [3.63, 3.8) is 0 Å². The van der Waals surface area contributed by atoms with E-state index in [1.54, 1.807) is 24.4 Å². The van der Waals surface area contributed by atoms with Crippen molar-refractivity contribution >= 4 is 26.7 Å². The lowest BCUT2D eigenvalue weighted by Crippen LogP contribution is -2.50. The summed E-state index contributed by atoms with van der Waals surface area (Å²) < 4.78 is 29.3. The second-order valence-electron chi connectivity index (χ2n) is 9.26. The minimum absolute atomic E-state index is 0.117. The average molecular weight is 480 g/mol. The van der Waals surface area contributed by atoms with Crippen LogP contribution in [0.15, 0.2) is 71.8 Å². The van der Waals surface area contributed by atoms with E-state index >= 15 is 0 Å². The number of hydrogen-bond donors (Lipinski definition) is 1. The van der Waals surface area contributed by atoms with Crippen LogP contribution in [0.1, 0.15) is 44.7 Å². The van der Waals surface area contributed by atoms with E-state index in [4.69, 9.17) is 0 Å². The van der Waals surface area contributed by atoms with Crippen molar-refractivity contribution in [2.24, 2.45) is 5.92 Å². The van der Waals surface area contributed by atoms with Crippen LogP contribution in [-0.4, -0.2) is 43.3 Å². The molecule has 0 saturated carbocycles. The summed E-state index contributed by atoms with van der Waals surface area (Å²) in [6.07, 6.45) is 6.53. The average Bonchev–Trinajstić information content (AvgIpc) is 2.86. The fraction of sp³-hybridized carbons (Fsp3) is 0.407. The summed E-state index contributed by atoms with van der Waals surface area (Å²) in [5, 5.41) is 1.83. The van der Waals surface area contributed by atoms with Gasteiger partial charge < -0.3 is 4.90 Å². The standard InChI is InChI=1S/C27H33N3O3S/c1-21-15-18-30(19-16-21)27(31)26(12-5-4-10-24-11-6-7-17-28-24)29-34(32,33)25-14-13-22-8-2-3-9-23(22)20-25/h2-3,6-9,11,13-14,17,20-21,26,29H,4-5,10,12,15-16,18-19H2,1H3. The van der Waals surface area contributed by atoms with Gasteiger partial charge in [-0.15, -0.1) is 0 Å². The fourth-order valence-electron chi connectivity index (χ4n) is 4.47. The van der Waals surface area contributed by atoms with Crippen LogP contribution in [0, 0.1) is 5.92 Å². The number of rotatable bonds is 9. The minimum atomic E-state index is -3.84. The highest BCUT2D eigenvalue weighted by Crippen LogP contribution is 2.22. The monoisotopic (exact) mass is 479 g/mol. The number of piperidine rings is 1. The molecule has 6 nitrogen and oxygen atoms in total. The Morgan fingerprint density at radius 2 is 1.76 bits per heavy atom. The first kappa shape index (κ1) is 24.4. The maximum absolute atomic E-state index is 13.4. The van der Waals surface area contributed by atoms with E-state index in [0.717, 1.165) is 48.6 Å². The molecule has 2 aromatic carbocycles. The van der Waals surface area contributed by atoms with E-state index in [1.807, 2.05) is 47.4 Å². The molecule has 7 heteroatoms. The summed E-state index contributed by atoms with van der Waals surface area (Å²) in [6, 6.07) is 17.8. The number of nitrogens with one attached hydrogen (secondary N) is 1. The molecule has 180 valence electrons. The number of likely N-dealkylation sites (tertiary alicyclic amines) is 1. The van der Waals surface area contributed by atoms with E-state index < -0.39 is 16.1 Å². The number of carbonyl (C=O) groups excluding carboxylic acids is 1. The number of nitrogens with zero attached hydrogens (tertiary/aromatic N) is 2. The number of amides is 1. The van der Waals surface area contributed by atoms with Crippen LogP contribution in [-0.2, 0) is 21.2 Å². The second kappa shape index (κ2) is 11.1. The Bertz CT molecular complexity index is 1210. The first-order chi connectivity index (χ1) is 16.4. The summed E-state index contributed by atoms with van der Waals surface area (Å²) in [5.41, 5.74) is 1.01. The Labute approximate surface area is 202 Å². The SMILES string of the molecule is CC1CCN(C(=O)C(CCCCc2ccccn2)NS(=O)(=O)c2ccc3ccccc3c2)CC1. The largest absolute Gasteiger partial charge is 0.341 e. The molecule has 1 aliphatic rings. The summed E-state index contributed by atoms with van der Waals surface area (Å²) in [6.45, 7) is 3.56. The number of hydrogen-bond acceptors (Lipinski definition) is 4. The number of carbonyl (C=O) groups is 1. The van der Waals surface area contributed by atoms with Gasteiger partial charge in [-0.1, -0.05) is 49.7 Å². The van der Waals surface area contributed by atoms with Crippen molar-refractivity contribution in [1.29, 1.82) is 0 Å². The third kappa shape index (κ3) is 6.21. The van der Waals surface area contributed by atoms with Gasteiger partial charge in [-0.05, 0) is 73.1 Å². The molecule has 1 saturated heterocycles. The molecule has 1 N–H and O–H groups in total. The second-order valence-corrected chi connectivity index (χ2v) is 11.0. The van der Waals surface area contributed by atoms with Crippen LogP contribution < -0.4 is 4.72 Å². The van der Waals surface area contributed by atoms with E-state index in [9.17, 15) is 13.2 Å². The van der Waals surface area contributed by atoms with Crippen LogP contribution in [0.5, 0.6) is 0 Å². The lowest BCUT2D eigenvalue weighted by molar-refractivity contribution is -0.134. The molecule has 1 amide bonds. The number of unbranched alkanes of at least 4 members (excludes halogenated alkanes) is 1. The molecule has 1 fully saturated rings. The maximum atomic E-state index is 13.4. The van der Waals surface area contributed by atoms with Gasteiger partial charge in [-0.2, -0.15) is 4.72 Å². The smallest absolute Gasteiger partial charge is 0.241 e. The van der Waals surface area contributed by atoms with Gasteiger partial charge in [0.15, 0.2) is 0 Å². The zero-order chi connectivity index (χ0) is 24.0. The predicted molar refractivity (Wildman–Crippen MR) is 135 cm³/mol. The van der Waals surface area contributed by atoms with Crippen LogP contribution in [0.4, 0.5) is 0 Å². The Kier molecular flexibility index (Phi) is 7.95. The van der Waals surface area contributed by atoms with Crippen molar-refractivity contribution < 1.29 is 13.2 Å². The maximum Gasteiger partial charge on any atom is 0.241 e. The minimum Gasteiger partial charge on any atom is -0.341 e. The van der Waals surface area contributed by atoms with Gasteiger partial charge in [0.25, 0.3) is 0 Å². The van der Waals surface area contributed by atoms with Crippen molar-refractivity contribution in [3.8, 4) is 0 Å². The van der Waals surface area contributed by atoms with Crippen molar-refractivity contribution in [1.82, 2.24) is 14.6 Å². The van der Waals surface area contributed by atoms with Gasteiger partial charge >= 0.3 is 0 Å². The van der Waals surface area contributed by atoms with E-state index in [2.05, 4.69) is 16.6 Å². The third-order valence-electron chi connectivity index (χ3n) is 6.62. The lowest BCUT2D eigenvalue weighted by atomic mass is 9.98. The molecule has 1 aliphatic heterocycles. The quantitative estimate of drug-likeness (QED) is 0.457. The van der Waals surface area contributed by atoms with Gasteiger partial charge in [-0.3, -0.25) is 9.78 Å². The Hall–Kier alpha value is -2.77. The molecule has 4 rings (SSSR count). The van der Waals surface area contributed by atoms with Gasteiger partial charge in [0.1, 0.15) is 6.04 Å². The third-order valence-corrected chi connectivity index (χ3v) is 8.09. The lowest BCUT2D eigenvalue weighted by Gasteiger charge is -2.33. The van der Waals surface area contributed by atoms with Crippen LogP contribution in [0.25, 0.3) is 10.8 Å². The van der Waals surface area contributed by atoms with Gasteiger partial charge in [-0.25, -0.2) is 8.42 Å². The summed E-state index contributed by atoms with van der Waals surface area (Å²) in [7, 11) is -3.84. The molecule has 2 heterocycles. The number of aromatic nitrogens is 1. The van der Waals surface area contributed by atoms with Crippen LogP contribution >= 0.6 is 0 Å². The van der Waals surface area contributed by atoms with Crippen molar-refractivity contribution in [3.05, 3.63) is 72.6 Å². The zero-order valence-electron chi connectivity index (χ0n) is 19.7. The zero-order valence-corrected chi connectivity index (χ0v) is 20.5. The number of sulfonamides is 1. The number of pyridine rings is 1. The molecule has 0 radical (unpaired) electrons. The molecule has 34 heavy (non-hydrogen) atoms. The highest BCUT2D eigenvalue weighted by atomic mass is 32.2. The van der Waals surface area contributed by atoms with E-state index in [-0.39, 0.29) is 10.8 Å². The fourth-order valence-corrected chi connectivity index (χ4v) is 5.73. The van der Waals surface area contributed by atoms with E-state index in [1.165, 1.54) is 0 Å². The first-order valence-corrected chi connectivity index (χ1v) is 13.6.